The van der Waals surface area contributed by atoms with Crippen molar-refractivity contribution in [3.8, 4) is 0 Å². The van der Waals surface area contributed by atoms with Crippen LogP contribution in [0.2, 0.25) is 0 Å². The number of aryl methyl sites for hydroxylation is 1. The summed E-state index contributed by atoms with van der Waals surface area (Å²) in [6.07, 6.45) is 0. The van der Waals surface area contributed by atoms with E-state index in [-0.39, 0.29) is 24.4 Å². The fourth-order valence-electron chi connectivity index (χ4n) is 2.56. The highest BCUT2D eigenvalue weighted by Gasteiger charge is 2.20. The number of benzene rings is 2. The Hall–Kier alpha value is -1.84. The smallest absolute Gasteiger partial charge is 0.251 e. The van der Waals surface area contributed by atoms with E-state index < -0.39 is 0 Å². The highest BCUT2D eigenvalue weighted by Crippen LogP contribution is 2.25. The van der Waals surface area contributed by atoms with Gasteiger partial charge in [0.15, 0.2) is 0 Å². The molecule has 2 aromatic carbocycles. The summed E-state index contributed by atoms with van der Waals surface area (Å²) in [7, 11) is 0. The average Bonchev–Trinajstić information content (AvgIpc) is 2.53. The molecule has 0 radical (unpaired) electrons. The first-order valence-electron chi connectivity index (χ1n) is 7.68. The lowest BCUT2D eigenvalue weighted by atomic mass is 9.92. The van der Waals surface area contributed by atoms with E-state index in [1.165, 1.54) is 11.1 Å². The second kappa shape index (κ2) is 8.70. The molecule has 2 rings (SSSR count). The van der Waals surface area contributed by atoms with Gasteiger partial charge in [0.25, 0.3) is 5.91 Å². The number of nitrogens with two attached hydrogens (primary N) is 1. The summed E-state index contributed by atoms with van der Waals surface area (Å²) in [4.78, 5) is 12.5. The lowest BCUT2D eigenvalue weighted by Crippen LogP contribution is -2.32. The van der Waals surface area contributed by atoms with Gasteiger partial charge in [-0.25, -0.2) is 0 Å². The van der Waals surface area contributed by atoms with Crippen LogP contribution in [-0.4, -0.2) is 5.91 Å². The number of hydrogen-bond donors (Lipinski definition) is 2. The molecule has 4 heteroatoms. The van der Waals surface area contributed by atoms with Gasteiger partial charge in [0.05, 0.1) is 6.04 Å². The molecule has 1 unspecified atom stereocenters. The molecular weight excluding hydrogens is 308 g/mol. The van der Waals surface area contributed by atoms with Crippen LogP contribution in [-0.2, 0) is 6.54 Å². The van der Waals surface area contributed by atoms with Gasteiger partial charge in [0.1, 0.15) is 0 Å². The maximum Gasteiger partial charge on any atom is 0.251 e. The number of amides is 1. The minimum Gasteiger partial charge on any atom is -0.345 e. The monoisotopic (exact) mass is 332 g/mol. The fraction of sp³-hybridized carbons (Fsp3) is 0.316. The Kier molecular flexibility index (Phi) is 7.27. The van der Waals surface area contributed by atoms with Crippen LogP contribution in [0.15, 0.2) is 48.5 Å². The normalized spacial score (nSPS) is 11.7. The molecule has 0 spiro atoms. The number of carbonyl (C=O) groups excluding carboxylic acids is 1. The second-order valence-corrected chi connectivity index (χ2v) is 5.95. The molecule has 2 aromatic rings. The van der Waals surface area contributed by atoms with E-state index >= 15 is 0 Å². The summed E-state index contributed by atoms with van der Waals surface area (Å²) in [6, 6.07) is 15.6. The fourth-order valence-corrected chi connectivity index (χ4v) is 2.56. The van der Waals surface area contributed by atoms with Crippen LogP contribution in [0.3, 0.4) is 0 Å². The Morgan fingerprint density at radius 3 is 2.22 bits per heavy atom. The molecule has 0 saturated heterocycles. The van der Waals surface area contributed by atoms with Crippen molar-refractivity contribution in [2.45, 2.75) is 33.4 Å². The third kappa shape index (κ3) is 4.81. The summed E-state index contributed by atoms with van der Waals surface area (Å²) in [5.41, 5.74) is 9.64. The highest BCUT2D eigenvalue weighted by atomic mass is 35.5. The molecule has 0 aliphatic rings. The molecule has 0 heterocycles. The predicted molar refractivity (Wildman–Crippen MR) is 97.8 cm³/mol. The Balaban J connectivity index is 0.00000264. The molecule has 0 bridgehead atoms. The third-order valence-electron chi connectivity index (χ3n) is 3.93. The quantitative estimate of drug-likeness (QED) is 0.869. The van der Waals surface area contributed by atoms with Crippen molar-refractivity contribution in [1.29, 1.82) is 0 Å². The van der Waals surface area contributed by atoms with Crippen molar-refractivity contribution in [3.05, 3.63) is 70.8 Å². The first-order valence-corrected chi connectivity index (χ1v) is 7.68. The summed E-state index contributed by atoms with van der Waals surface area (Å²) in [6.45, 7) is 6.80. The van der Waals surface area contributed by atoms with Gasteiger partial charge in [-0.15, -0.1) is 12.4 Å². The molecule has 124 valence electrons. The molecule has 3 N–H and O–H groups in total. The van der Waals surface area contributed by atoms with Crippen LogP contribution in [0.5, 0.6) is 0 Å². The summed E-state index contributed by atoms with van der Waals surface area (Å²) in [5, 5.41) is 3.16. The maximum absolute atomic E-state index is 12.5. The van der Waals surface area contributed by atoms with Crippen molar-refractivity contribution in [2.24, 2.45) is 11.7 Å². The van der Waals surface area contributed by atoms with Gasteiger partial charge in [-0.3, -0.25) is 4.79 Å². The largest absolute Gasteiger partial charge is 0.345 e. The maximum atomic E-state index is 12.5. The lowest BCUT2D eigenvalue weighted by Gasteiger charge is -2.24. The SMILES string of the molecule is Cc1ccccc1C(NC(=O)c1ccc(CN)cc1)C(C)C.Cl. The van der Waals surface area contributed by atoms with Gasteiger partial charge in [0.2, 0.25) is 0 Å². The predicted octanol–water partition coefficient (Wildman–Crippen LogP) is 4.00. The Morgan fingerprint density at radius 2 is 1.70 bits per heavy atom. The standard InChI is InChI=1S/C19H24N2O.ClH/c1-13(2)18(17-7-5-4-6-14(17)3)21-19(22)16-10-8-15(12-20)9-11-16;/h4-11,13,18H,12,20H2,1-3H3,(H,21,22);1H. The van der Waals surface area contributed by atoms with Crippen LogP contribution < -0.4 is 11.1 Å². The van der Waals surface area contributed by atoms with Gasteiger partial charge in [-0.1, -0.05) is 50.2 Å². The number of halogens is 1. The van der Waals surface area contributed by atoms with Crippen molar-refractivity contribution in [3.63, 3.8) is 0 Å². The van der Waals surface area contributed by atoms with Gasteiger partial charge in [-0.2, -0.15) is 0 Å². The number of rotatable bonds is 5. The zero-order valence-electron chi connectivity index (χ0n) is 13.9. The van der Waals surface area contributed by atoms with Gasteiger partial charge in [-0.05, 0) is 41.7 Å². The zero-order chi connectivity index (χ0) is 16.1. The third-order valence-corrected chi connectivity index (χ3v) is 3.93. The lowest BCUT2D eigenvalue weighted by molar-refractivity contribution is 0.0925. The number of hydrogen-bond acceptors (Lipinski definition) is 2. The molecule has 1 amide bonds. The first-order chi connectivity index (χ1) is 10.5. The number of carbonyl (C=O) groups is 1. The van der Waals surface area contributed by atoms with Crippen molar-refractivity contribution >= 4 is 18.3 Å². The average molecular weight is 333 g/mol. The van der Waals surface area contributed by atoms with E-state index in [1.54, 1.807) is 0 Å². The molecule has 1 atom stereocenters. The highest BCUT2D eigenvalue weighted by molar-refractivity contribution is 5.94. The van der Waals surface area contributed by atoms with Gasteiger partial charge in [0, 0.05) is 12.1 Å². The molecule has 0 aliphatic heterocycles. The minimum absolute atomic E-state index is 0. The van der Waals surface area contributed by atoms with Crippen LogP contribution in [0, 0.1) is 12.8 Å². The van der Waals surface area contributed by atoms with Crippen molar-refractivity contribution in [2.75, 3.05) is 0 Å². The Morgan fingerprint density at radius 1 is 1.09 bits per heavy atom. The Labute approximate surface area is 144 Å². The zero-order valence-corrected chi connectivity index (χ0v) is 14.7. The molecule has 0 aliphatic carbocycles. The molecule has 0 aromatic heterocycles. The van der Waals surface area contributed by atoms with Gasteiger partial charge >= 0.3 is 0 Å². The van der Waals surface area contributed by atoms with Crippen molar-refractivity contribution in [1.82, 2.24) is 5.32 Å². The minimum atomic E-state index is -0.0504. The van der Waals surface area contributed by atoms with E-state index in [0.29, 0.717) is 18.0 Å². The van der Waals surface area contributed by atoms with Gasteiger partial charge < -0.3 is 11.1 Å². The molecule has 0 saturated carbocycles. The van der Waals surface area contributed by atoms with Crippen molar-refractivity contribution < 1.29 is 4.79 Å². The Bertz CT molecular complexity index is 638. The van der Waals surface area contributed by atoms with E-state index in [9.17, 15) is 4.79 Å². The second-order valence-electron chi connectivity index (χ2n) is 5.95. The molecular formula is C19H25ClN2O. The number of nitrogens with one attached hydrogen (secondary N) is 1. The van der Waals surface area contributed by atoms with Crippen LogP contribution in [0.25, 0.3) is 0 Å². The van der Waals surface area contributed by atoms with E-state index in [0.717, 1.165) is 5.56 Å². The topological polar surface area (TPSA) is 55.1 Å². The summed E-state index contributed by atoms with van der Waals surface area (Å²) >= 11 is 0. The van der Waals surface area contributed by atoms with Crippen LogP contribution in [0.4, 0.5) is 0 Å². The van der Waals surface area contributed by atoms with Crippen LogP contribution in [0.1, 0.15) is 46.9 Å². The van der Waals surface area contributed by atoms with E-state index in [2.05, 4.69) is 38.2 Å². The van der Waals surface area contributed by atoms with Crippen LogP contribution >= 0.6 is 12.4 Å². The van der Waals surface area contributed by atoms with E-state index in [4.69, 9.17) is 5.73 Å². The molecule has 23 heavy (non-hydrogen) atoms. The molecule has 0 fully saturated rings. The summed E-state index contributed by atoms with van der Waals surface area (Å²) in [5.74, 6) is 0.263. The first kappa shape index (κ1) is 19.2. The van der Waals surface area contributed by atoms with E-state index in [1.807, 2.05) is 36.4 Å². The molecule has 3 nitrogen and oxygen atoms in total. The summed E-state index contributed by atoms with van der Waals surface area (Å²) < 4.78 is 0.